The van der Waals surface area contributed by atoms with E-state index >= 15 is 0 Å². The van der Waals surface area contributed by atoms with Crippen molar-refractivity contribution < 1.29 is 4.42 Å². The Morgan fingerprint density at radius 1 is 0.568 bits per heavy atom. The van der Waals surface area contributed by atoms with E-state index in [1.807, 2.05) is 59.9 Å². The van der Waals surface area contributed by atoms with Crippen LogP contribution in [-0.2, 0) is 0 Å². The van der Waals surface area contributed by atoms with Crippen molar-refractivity contribution in [3.63, 3.8) is 0 Å². The molecule has 208 valence electrons. The lowest BCUT2D eigenvalue weighted by molar-refractivity contribution is 0.668. The number of nitrogens with one attached hydrogen (secondary N) is 1. The van der Waals surface area contributed by atoms with E-state index in [9.17, 15) is 0 Å². The fraction of sp³-hybridized carbons (Fsp3) is 0.0256. The molecule has 1 aliphatic heterocycles. The first-order valence-corrected chi connectivity index (χ1v) is 15.5. The van der Waals surface area contributed by atoms with Crippen molar-refractivity contribution in [2.75, 3.05) is 0 Å². The largest absolute Gasteiger partial charge is 0.456 e. The highest BCUT2D eigenvalue weighted by molar-refractivity contribution is 7.25. The Hall–Kier alpha value is -5.52. The topological polar surface area (TPSA) is 49.9 Å². The molecule has 2 aromatic heterocycles. The zero-order valence-electron chi connectivity index (χ0n) is 23.6. The normalized spacial score (nSPS) is 15.0. The summed E-state index contributed by atoms with van der Waals surface area (Å²) in [5.74, 6) is 1.48. The van der Waals surface area contributed by atoms with Gasteiger partial charge >= 0.3 is 0 Å². The van der Waals surface area contributed by atoms with Gasteiger partial charge in [0, 0.05) is 42.1 Å². The third kappa shape index (κ3) is 4.05. The summed E-state index contributed by atoms with van der Waals surface area (Å²) in [5, 5.41) is 8.35. The maximum atomic E-state index is 6.50. The predicted molar refractivity (Wildman–Crippen MR) is 184 cm³/mol. The molecular weight excluding hydrogens is 559 g/mol. The van der Waals surface area contributed by atoms with Crippen LogP contribution in [0.15, 0.2) is 154 Å². The van der Waals surface area contributed by atoms with Gasteiger partial charge in [0.25, 0.3) is 0 Å². The number of hydrogen-bond donors (Lipinski definition) is 1. The molecule has 1 aliphatic rings. The molecule has 0 saturated carbocycles. The van der Waals surface area contributed by atoms with Gasteiger partial charge in [-0.05, 0) is 47.0 Å². The molecule has 0 saturated heterocycles. The first-order chi connectivity index (χ1) is 21.8. The Morgan fingerprint density at radius 2 is 1.25 bits per heavy atom. The van der Waals surface area contributed by atoms with Crippen molar-refractivity contribution >= 4 is 65.1 Å². The van der Waals surface area contributed by atoms with Crippen LogP contribution in [0.3, 0.4) is 0 Å². The average molecular weight is 584 g/mol. The summed E-state index contributed by atoms with van der Waals surface area (Å²) in [7, 11) is 0. The summed E-state index contributed by atoms with van der Waals surface area (Å²) in [6.45, 7) is 0. The van der Waals surface area contributed by atoms with Crippen LogP contribution < -0.4 is 5.32 Å². The summed E-state index contributed by atoms with van der Waals surface area (Å²) < 4.78 is 9.10. The molecule has 4 nitrogen and oxygen atoms in total. The maximum Gasteiger partial charge on any atom is 0.159 e. The lowest BCUT2D eigenvalue weighted by Gasteiger charge is -2.24. The molecular formula is C39H25N3OS. The molecule has 5 heteroatoms. The minimum Gasteiger partial charge on any atom is -0.456 e. The summed E-state index contributed by atoms with van der Waals surface area (Å²) in [6, 6.07) is 48.5. The fourth-order valence-corrected chi connectivity index (χ4v) is 7.39. The Bertz CT molecular complexity index is 2420. The number of benzene rings is 6. The molecule has 8 aromatic rings. The van der Waals surface area contributed by atoms with Crippen LogP contribution in [0.2, 0.25) is 0 Å². The maximum absolute atomic E-state index is 6.50. The molecule has 0 amide bonds. The van der Waals surface area contributed by atoms with Crippen molar-refractivity contribution in [2.24, 2.45) is 9.98 Å². The first-order valence-electron chi connectivity index (χ1n) is 14.7. The van der Waals surface area contributed by atoms with E-state index in [0.29, 0.717) is 5.84 Å². The number of rotatable bonds is 4. The fourth-order valence-electron chi connectivity index (χ4n) is 6.31. The van der Waals surface area contributed by atoms with Gasteiger partial charge in [0.2, 0.25) is 0 Å². The number of thiophene rings is 1. The number of hydrogen-bond acceptors (Lipinski definition) is 5. The number of fused-ring (bicyclic) bond motifs is 6. The van der Waals surface area contributed by atoms with Crippen LogP contribution >= 0.6 is 11.3 Å². The third-order valence-electron chi connectivity index (χ3n) is 8.36. The Kier molecular flexibility index (Phi) is 5.71. The summed E-state index contributed by atoms with van der Waals surface area (Å²) >= 11 is 1.84. The second kappa shape index (κ2) is 10.0. The van der Waals surface area contributed by atoms with Gasteiger partial charge in [0.05, 0.1) is 0 Å². The van der Waals surface area contributed by atoms with Gasteiger partial charge in [0.15, 0.2) is 5.84 Å². The van der Waals surface area contributed by atoms with Crippen molar-refractivity contribution in [1.29, 1.82) is 0 Å². The SMILES string of the molecule is c1ccc(C2=NC(c3ccccc3)NC(c3cccc4oc5cccc(-c6ccc7sc8ccccc8c7c6)c5c34)=N2)cc1. The number of nitrogens with zero attached hydrogens (tertiary/aromatic N) is 2. The minimum atomic E-state index is -0.277. The Labute approximate surface area is 257 Å². The number of furan rings is 1. The second-order valence-electron chi connectivity index (χ2n) is 11.0. The summed E-state index contributed by atoms with van der Waals surface area (Å²) in [4.78, 5) is 10.2. The highest BCUT2D eigenvalue weighted by Crippen LogP contribution is 2.41. The van der Waals surface area contributed by atoms with Gasteiger partial charge < -0.3 is 9.73 Å². The molecule has 0 spiro atoms. The molecule has 0 bridgehead atoms. The molecule has 44 heavy (non-hydrogen) atoms. The third-order valence-corrected chi connectivity index (χ3v) is 9.51. The Morgan fingerprint density at radius 3 is 2.07 bits per heavy atom. The van der Waals surface area contributed by atoms with Crippen LogP contribution in [0.1, 0.15) is 22.9 Å². The van der Waals surface area contributed by atoms with E-state index in [4.69, 9.17) is 14.4 Å². The zero-order chi connectivity index (χ0) is 29.0. The van der Waals surface area contributed by atoms with E-state index in [0.717, 1.165) is 55.6 Å². The molecule has 1 N–H and O–H groups in total. The van der Waals surface area contributed by atoms with Crippen LogP contribution in [-0.4, -0.2) is 11.7 Å². The average Bonchev–Trinajstić information content (AvgIpc) is 3.67. The molecule has 1 unspecified atom stereocenters. The van der Waals surface area contributed by atoms with Gasteiger partial charge in [-0.25, -0.2) is 9.98 Å². The van der Waals surface area contributed by atoms with Gasteiger partial charge in [-0.15, -0.1) is 11.3 Å². The molecule has 6 aromatic carbocycles. The summed E-state index contributed by atoms with van der Waals surface area (Å²) in [6.07, 6.45) is -0.277. The molecule has 3 heterocycles. The van der Waals surface area contributed by atoms with Crippen molar-refractivity contribution in [1.82, 2.24) is 5.32 Å². The highest BCUT2D eigenvalue weighted by atomic mass is 32.1. The van der Waals surface area contributed by atoms with E-state index in [-0.39, 0.29) is 6.17 Å². The molecule has 1 atom stereocenters. The highest BCUT2D eigenvalue weighted by Gasteiger charge is 2.24. The zero-order valence-corrected chi connectivity index (χ0v) is 24.4. The lowest BCUT2D eigenvalue weighted by atomic mass is 9.95. The minimum absolute atomic E-state index is 0.277. The summed E-state index contributed by atoms with van der Waals surface area (Å²) in [5.41, 5.74) is 7.03. The van der Waals surface area contributed by atoms with Crippen molar-refractivity contribution in [3.05, 3.63) is 156 Å². The van der Waals surface area contributed by atoms with E-state index < -0.39 is 0 Å². The molecule has 9 rings (SSSR count). The quantitative estimate of drug-likeness (QED) is 0.224. The monoisotopic (exact) mass is 583 g/mol. The lowest BCUT2D eigenvalue weighted by Crippen LogP contribution is -2.33. The van der Waals surface area contributed by atoms with Crippen LogP contribution in [0, 0.1) is 0 Å². The van der Waals surface area contributed by atoms with Crippen molar-refractivity contribution in [2.45, 2.75) is 6.17 Å². The predicted octanol–water partition coefficient (Wildman–Crippen LogP) is 10.1. The van der Waals surface area contributed by atoms with Crippen LogP contribution in [0.4, 0.5) is 0 Å². The van der Waals surface area contributed by atoms with Gasteiger partial charge in [-0.3, -0.25) is 0 Å². The van der Waals surface area contributed by atoms with Crippen LogP contribution in [0.25, 0.3) is 53.2 Å². The Balaban J connectivity index is 1.26. The number of amidine groups is 2. The van der Waals surface area contributed by atoms with Gasteiger partial charge in [-0.2, -0.15) is 0 Å². The smallest absolute Gasteiger partial charge is 0.159 e. The number of aliphatic imine (C=N–C) groups is 2. The van der Waals surface area contributed by atoms with Crippen LogP contribution in [0.5, 0.6) is 0 Å². The van der Waals surface area contributed by atoms with Crippen molar-refractivity contribution in [3.8, 4) is 11.1 Å². The van der Waals surface area contributed by atoms with Gasteiger partial charge in [0.1, 0.15) is 23.2 Å². The second-order valence-corrected chi connectivity index (χ2v) is 12.1. The standard InChI is InChI=1S/C39H25N3OS/c1-3-11-24(12-4-1)37-40-38(25-13-5-2-6-14-25)42-39(41-37)29-17-10-19-32-36(29)35-27(16-9-18-31(35)43-32)26-21-22-34-30(23-26)28-15-7-8-20-33(28)44-34/h1-23,37H,(H,40,41,42). The first kappa shape index (κ1) is 25.0. The van der Waals surface area contributed by atoms with E-state index in [1.165, 1.54) is 20.2 Å². The van der Waals surface area contributed by atoms with E-state index in [2.05, 4.69) is 96.3 Å². The molecule has 0 aliphatic carbocycles. The molecule has 0 fully saturated rings. The van der Waals surface area contributed by atoms with Gasteiger partial charge in [-0.1, -0.05) is 109 Å². The van der Waals surface area contributed by atoms with E-state index in [1.54, 1.807) is 0 Å². The molecule has 0 radical (unpaired) electrons.